The summed E-state index contributed by atoms with van der Waals surface area (Å²) in [4.78, 5) is 11.0. The highest BCUT2D eigenvalue weighted by Crippen LogP contribution is 2.20. The molecule has 1 aromatic rings. The fourth-order valence-corrected chi connectivity index (χ4v) is 1.43. The highest BCUT2D eigenvalue weighted by atomic mass is 35.5. The van der Waals surface area contributed by atoms with E-state index in [9.17, 15) is 4.79 Å². The van der Waals surface area contributed by atoms with Gasteiger partial charge in [0.25, 0.3) is 0 Å². The summed E-state index contributed by atoms with van der Waals surface area (Å²) >= 11 is 11.8. The van der Waals surface area contributed by atoms with Crippen LogP contribution in [0.3, 0.4) is 0 Å². The van der Waals surface area contributed by atoms with E-state index < -0.39 is 0 Å². The van der Waals surface area contributed by atoms with Crippen LogP contribution >= 0.6 is 23.2 Å². The van der Waals surface area contributed by atoms with E-state index in [0.717, 1.165) is 5.56 Å². The molecule has 0 aromatic heterocycles. The molecule has 0 spiro atoms. The smallest absolute Gasteiger partial charge is 0.330 e. The van der Waals surface area contributed by atoms with Crippen molar-refractivity contribution in [3.63, 3.8) is 0 Å². The van der Waals surface area contributed by atoms with Crippen molar-refractivity contribution in [3.05, 3.63) is 53.1 Å². The molecule has 4 heteroatoms. The minimum Gasteiger partial charge on any atom is -0.463 e. The monoisotopic (exact) mass is 270 g/mol. The van der Waals surface area contributed by atoms with Crippen LogP contribution in [0, 0.1) is 0 Å². The van der Waals surface area contributed by atoms with Crippen LogP contribution in [-0.2, 0) is 9.53 Å². The average molecular weight is 271 g/mol. The van der Waals surface area contributed by atoms with Crippen molar-refractivity contribution in [3.8, 4) is 0 Å². The number of esters is 1. The third-order valence-corrected chi connectivity index (χ3v) is 2.48. The number of ether oxygens (including phenoxy) is 1. The van der Waals surface area contributed by atoms with E-state index >= 15 is 0 Å². The molecular formula is C13H12Cl2O2. The summed E-state index contributed by atoms with van der Waals surface area (Å²) < 4.78 is 4.73. The average Bonchev–Trinajstić information content (AvgIpc) is 2.30. The van der Waals surface area contributed by atoms with Gasteiger partial charge in [-0.15, -0.1) is 0 Å². The number of hydrogen-bond acceptors (Lipinski definition) is 2. The Morgan fingerprint density at radius 2 is 2.00 bits per heavy atom. The topological polar surface area (TPSA) is 26.3 Å². The van der Waals surface area contributed by atoms with Crippen molar-refractivity contribution in [1.82, 2.24) is 0 Å². The molecule has 0 bridgehead atoms. The van der Waals surface area contributed by atoms with Gasteiger partial charge in [0.05, 0.1) is 6.61 Å². The van der Waals surface area contributed by atoms with E-state index in [1.165, 1.54) is 6.08 Å². The first-order chi connectivity index (χ1) is 8.13. The van der Waals surface area contributed by atoms with Crippen LogP contribution < -0.4 is 0 Å². The molecule has 1 rings (SSSR count). The zero-order valence-electron chi connectivity index (χ0n) is 9.32. The Balaban J connectivity index is 2.66. The molecule has 0 amide bonds. The van der Waals surface area contributed by atoms with Crippen molar-refractivity contribution in [2.75, 3.05) is 6.61 Å². The van der Waals surface area contributed by atoms with Gasteiger partial charge >= 0.3 is 5.97 Å². The van der Waals surface area contributed by atoms with Gasteiger partial charge in [-0.2, -0.15) is 0 Å². The molecule has 90 valence electrons. The Kier molecular flexibility index (Phi) is 5.81. The summed E-state index contributed by atoms with van der Waals surface area (Å²) in [5.74, 6) is -0.385. The zero-order chi connectivity index (χ0) is 12.7. The van der Waals surface area contributed by atoms with Crippen molar-refractivity contribution in [2.45, 2.75) is 6.92 Å². The highest BCUT2D eigenvalue weighted by molar-refractivity contribution is 6.49. The van der Waals surface area contributed by atoms with Gasteiger partial charge in [-0.25, -0.2) is 4.79 Å². The van der Waals surface area contributed by atoms with E-state index in [-0.39, 0.29) is 5.97 Å². The summed E-state index contributed by atoms with van der Waals surface area (Å²) in [6.07, 6.45) is 4.50. The molecule has 0 N–H and O–H groups in total. The van der Waals surface area contributed by atoms with Crippen LogP contribution in [0.1, 0.15) is 12.5 Å². The van der Waals surface area contributed by atoms with Crippen LogP contribution in [0.5, 0.6) is 0 Å². The Labute approximate surface area is 110 Å². The van der Waals surface area contributed by atoms with Crippen LogP contribution in [0.25, 0.3) is 5.03 Å². The van der Waals surface area contributed by atoms with Crippen LogP contribution in [-0.4, -0.2) is 12.6 Å². The second-order valence-corrected chi connectivity index (χ2v) is 3.98. The molecule has 0 saturated heterocycles. The molecule has 0 saturated carbocycles. The maximum absolute atomic E-state index is 11.0. The van der Waals surface area contributed by atoms with Crippen molar-refractivity contribution in [1.29, 1.82) is 0 Å². The van der Waals surface area contributed by atoms with Gasteiger partial charge in [0.2, 0.25) is 0 Å². The predicted molar refractivity (Wildman–Crippen MR) is 71.1 cm³/mol. The van der Waals surface area contributed by atoms with E-state index in [2.05, 4.69) is 0 Å². The van der Waals surface area contributed by atoms with Gasteiger partial charge in [0.15, 0.2) is 0 Å². The first-order valence-electron chi connectivity index (χ1n) is 5.10. The number of carbonyl (C=O) groups is 1. The summed E-state index contributed by atoms with van der Waals surface area (Å²) in [5.41, 5.74) is 0.838. The van der Waals surface area contributed by atoms with Crippen LogP contribution in [0.2, 0.25) is 5.02 Å². The van der Waals surface area contributed by atoms with Gasteiger partial charge < -0.3 is 4.74 Å². The van der Waals surface area contributed by atoms with Gasteiger partial charge in [0, 0.05) is 16.1 Å². The Morgan fingerprint density at radius 3 is 2.59 bits per heavy atom. The lowest BCUT2D eigenvalue weighted by Gasteiger charge is -1.98. The van der Waals surface area contributed by atoms with Gasteiger partial charge in [0.1, 0.15) is 0 Å². The largest absolute Gasteiger partial charge is 0.463 e. The quantitative estimate of drug-likeness (QED) is 0.469. The maximum Gasteiger partial charge on any atom is 0.330 e. The van der Waals surface area contributed by atoms with Crippen LogP contribution in [0.15, 0.2) is 42.5 Å². The summed E-state index contributed by atoms with van der Waals surface area (Å²) in [6, 6.07) is 7.11. The molecule has 0 radical (unpaired) electrons. The SMILES string of the molecule is CCOC(=O)/C=C/C=C(\Cl)c1ccc(Cl)cc1. The standard InChI is InChI=1S/C13H12Cl2O2/c1-2-17-13(16)5-3-4-12(15)10-6-8-11(14)9-7-10/h3-9H,2H2,1H3/b5-3+,12-4-. The predicted octanol–water partition coefficient (Wildman–Crippen LogP) is 4.04. The van der Waals surface area contributed by atoms with Crippen molar-refractivity contribution in [2.24, 2.45) is 0 Å². The summed E-state index contributed by atoms with van der Waals surface area (Å²) in [5, 5.41) is 1.18. The fourth-order valence-electron chi connectivity index (χ4n) is 1.11. The summed E-state index contributed by atoms with van der Waals surface area (Å²) in [7, 11) is 0. The lowest BCUT2D eigenvalue weighted by molar-refractivity contribution is -0.137. The normalized spacial score (nSPS) is 11.8. The fraction of sp³-hybridized carbons (Fsp3) is 0.154. The molecule has 0 atom stereocenters. The van der Waals surface area contributed by atoms with Crippen molar-refractivity contribution < 1.29 is 9.53 Å². The van der Waals surface area contributed by atoms with Crippen LogP contribution in [0.4, 0.5) is 0 Å². The number of carbonyl (C=O) groups excluding carboxylic acids is 1. The van der Waals surface area contributed by atoms with E-state index in [0.29, 0.717) is 16.7 Å². The Hall–Kier alpha value is -1.25. The molecule has 1 aromatic carbocycles. The minimum atomic E-state index is -0.385. The van der Waals surface area contributed by atoms with E-state index in [1.807, 2.05) is 0 Å². The zero-order valence-corrected chi connectivity index (χ0v) is 10.8. The van der Waals surface area contributed by atoms with E-state index in [4.69, 9.17) is 27.9 Å². The van der Waals surface area contributed by atoms with Gasteiger partial charge in [-0.05, 0) is 30.7 Å². The minimum absolute atomic E-state index is 0.359. The third kappa shape index (κ3) is 5.07. The summed E-state index contributed by atoms with van der Waals surface area (Å²) in [6.45, 7) is 2.11. The Morgan fingerprint density at radius 1 is 1.35 bits per heavy atom. The molecule has 2 nitrogen and oxygen atoms in total. The molecule has 0 unspecified atom stereocenters. The molecule has 0 aliphatic rings. The van der Waals surface area contributed by atoms with Gasteiger partial charge in [-0.1, -0.05) is 41.4 Å². The first kappa shape index (κ1) is 13.8. The maximum atomic E-state index is 11.0. The number of benzene rings is 1. The second-order valence-electron chi connectivity index (χ2n) is 3.13. The van der Waals surface area contributed by atoms with Crippen molar-refractivity contribution >= 4 is 34.2 Å². The molecular weight excluding hydrogens is 259 g/mol. The number of rotatable bonds is 4. The third-order valence-electron chi connectivity index (χ3n) is 1.88. The first-order valence-corrected chi connectivity index (χ1v) is 5.85. The number of halogens is 2. The van der Waals surface area contributed by atoms with E-state index in [1.54, 1.807) is 43.3 Å². The molecule has 0 aliphatic carbocycles. The molecule has 0 heterocycles. The molecule has 17 heavy (non-hydrogen) atoms. The lowest BCUT2D eigenvalue weighted by atomic mass is 10.2. The molecule has 0 fully saturated rings. The number of hydrogen-bond donors (Lipinski definition) is 0. The highest BCUT2D eigenvalue weighted by Gasteiger charge is 1.97. The van der Waals surface area contributed by atoms with Gasteiger partial charge in [-0.3, -0.25) is 0 Å². The molecule has 0 aliphatic heterocycles. The Bertz CT molecular complexity index is 433. The lowest BCUT2D eigenvalue weighted by Crippen LogP contribution is -1.98. The number of allylic oxidation sites excluding steroid dienone is 2. The second kappa shape index (κ2) is 7.15.